The van der Waals surface area contributed by atoms with E-state index in [-0.39, 0.29) is 17.7 Å². The average Bonchev–Trinajstić information content (AvgIpc) is 3.22. The van der Waals surface area contributed by atoms with Gasteiger partial charge >= 0.3 is 0 Å². The minimum absolute atomic E-state index is 0.137. The van der Waals surface area contributed by atoms with Crippen LogP contribution in [-0.2, 0) is 16.0 Å². The Hall–Kier alpha value is -2.04. The van der Waals surface area contributed by atoms with Gasteiger partial charge in [-0.2, -0.15) is 0 Å². The molecule has 1 fully saturated rings. The molecule has 2 rings (SSSR count). The summed E-state index contributed by atoms with van der Waals surface area (Å²) in [4.78, 5) is 22.7. The fourth-order valence-corrected chi connectivity index (χ4v) is 2.02. The summed E-state index contributed by atoms with van der Waals surface area (Å²) in [5.41, 5.74) is 1.71. The number of ether oxygens (including phenoxy) is 1. The predicted octanol–water partition coefficient (Wildman–Crippen LogP) is 1.72. The highest BCUT2D eigenvalue weighted by molar-refractivity contribution is 5.90. The van der Waals surface area contributed by atoms with Crippen LogP contribution in [0.4, 0.5) is 5.69 Å². The fourth-order valence-electron chi connectivity index (χ4n) is 2.02. The Morgan fingerprint density at radius 1 is 1.35 bits per heavy atom. The number of hydrogen-bond donors (Lipinski definition) is 2. The number of carbonyl (C=O) groups excluding carboxylic acids is 2. The Morgan fingerprint density at radius 2 is 2.10 bits per heavy atom. The summed E-state index contributed by atoms with van der Waals surface area (Å²) in [5.74, 6) is 0.884. The van der Waals surface area contributed by atoms with Gasteiger partial charge in [0, 0.05) is 19.4 Å². The van der Waals surface area contributed by atoms with Crippen LogP contribution in [0.1, 0.15) is 25.3 Å². The fraction of sp³-hybridized carbons (Fsp3) is 0.467. The maximum atomic E-state index is 11.5. The molecule has 0 radical (unpaired) electrons. The van der Waals surface area contributed by atoms with Gasteiger partial charge in [-0.3, -0.25) is 9.59 Å². The maximum absolute atomic E-state index is 11.5. The van der Waals surface area contributed by atoms with Crippen LogP contribution in [0.5, 0.6) is 5.75 Å². The number of carbonyl (C=O) groups is 2. The number of anilines is 1. The van der Waals surface area contributed by atoms with E-state index in [2.05, 4.69) is 10.6 Å². The lowest BCUT2D eigenvalue weighted by Crippen LogP contribution is -2.26. The molecule has 0 saturated heterocycles. The third kappa shape index (κ3) is 3.98. The van der Waals surface area contributed by atoms with Crippen molar-refractivity contribution >= 4 is 17.5 Å². The van der Waals surface area contributed by atoms with E-state index < -0.39 is 0 Å². The van der Waals surface area contributed by atoms with Gasteiger partial charge in [0.25, 0.3) is 0 Å². The Kier molecular flexibility index (Phi) is 4.61. The van der Waals surface area contributed by atoms with E-state index in [1.54, 1.807) is 7.11 Å². The van der Waals surface area contributed by atoms with Gasteiger partial charge in [0.2, 0.25) is 11.8 Å². The van der Waals surface area contributed by atoms with E-state index in [9.17, 15) is 9.59 Å². The van der Waals surface area contributed by atoms with Crippen molar-refractivity contribution < 1.29 is 14.3 Å². The van der Waals surface area contributed by atoms with Crippen LogP contribution >= 0.6 is 0 Å². The highest BCUT2D eigenvalue weighted by atomic mass is 16.5. The van der Waals surface area contributed by atoms with Crippen LogP contribution in [-0.4, -0.2) is 25.5 Å². The van der Waals surface area contributed by atoms with Crippen molar-refractivity contribution in [1.29, 1.82) is 0 Å². The molecule has 1 aromatic carbocycles. The predicted molar refractivity (Wildman–Crippen MR) is 76.7 cm³/mol. The molecule has 1 aliphatic carbocycles. The molecule has 0 aliphatic heterocycles. The second-order valence-corrected chi connectivity index (χ2v) is 5.03. The highest BCUT2D eigenvalue weighted by Gasteiger charge is 2.28. The number of hydrogen-bond acceptors (Lipinski definition) is 3. The van der Waals surface area contributed by atoms with Crippen LogP contribution in [0.15, 0.2) is 18.2 Å². The minimum atomic E-state index is -0.137. The molecule has 1 saturated carbocycles. The Labute approximate surface area is 118 Å². The van der Waals surface area contributed by atoms with E-state index in [0.717, 1.165) is 24.8 Å². The number of benzene rings is 1. The average molecular weight is 276 g/mol. The molecule has 0 spiro atoms. The second kappa shape index (κ2) is 6.41. The van der Waals surface area contributed by atoms with Crippen LogP contribution in [0.25, 0.3) is 0 Å². The van der Waals surface area contributed by atoms with Crippen molar-refractivity contribution in [2.75, 3.05) is 19.0 Å². The lowest BCUT2D eigenvalue weighted by molar-refractivity contribution is -0.122. The molecule has 2 amide bonds. The van der Waals surface area contributed by atoms with Crippen molar-refractivity contribution in [3.05, 3.63) is 23.8 Å². The number of rotatable bonds is 6. The summed E-state index contributed by atoms with van der Waals surface area (Å²) in [5, 5.41) is 5.67. The molecular formula is C15H20N2O3. The molecule has 0 unspecified atom stereocenters. The van der Waals surface area contributed by atoms with Gasteiger partial charge < -0.3 is 15.4 Å². The Bertz CT molecular complexity index is 510. The molecule has 108 valence electrons. The molecule has 0 bridgehead atoms. The standard InChI is InChI=1S/C15H20N2O3/c1-10(18)17-13-9-11(3-6-14(13)20-2)7-8-16-15(19)12-4-5-12/h3,6,9,12H,4-5,7-8H2,1-2H3,(H,16,19)(H,17,18). The molecular weight excluding hydrogens is 256 g/mol. The summed E-state index contributed by atoms with van der Waals surface area (Å²) in [6.07, 6.45) is 2.76. The first-order chi connectivity index (χ1) is 9.60. The summed E-state index contributed by atoms with van der Waals surface area (Å²) < 4.78 is 5.20. The summed E-state index contributed by atoms with van der Waals surface area (Å²) in [6, 6.07) is 5.64. The van der Waals surface area contributed by atoms with Gasteiger partial charge in [-0.15, -0.1) is 0 Å². The molecule has 0 aromatic heterocycles. The molecule has 20 heavy (non-hydrogen) atoms. The third-order valence-electron chi connectivity index (χ3n) is 3.24. The molecule has 0 atom stereocenters. The molecule has 2 N–H and O–H groups in total. The zero-order valence-corrected chi connectivity index (χ0v) is 11.9. The van der Waals surface area contributed by atoms with Gasteiger partial charge in [0.1, 0.15) is 5.75 Å². The number of methoxy groups -OCH3 is 1. The largest absolute Gasteiger partial charge is 0.495 e. The summed E-state index contributed by atoms with van der Waals surface area (Å²) >= 11 is 0. The first-order valence-electron chi connectivity index (χ1n) is 6.82. The first-order valence-corrected chi connectivity index (χ1v) is 6.82. The van der Waals surface area contributed by atoms with Gasteiger partial charge in [-0.05, 0) is 37.0 Å². The smallest absolute Gasteiger partial charge is 0.223 e. The topological polar surface area (TPSA) is 67.4 Å². The SMILES string of the molecule is COc1ccc(CCNC(=O)C2CC2)cc1NC(C)=O. The highest BCUT2D eigenvalue weighted by Crippen LogP contribution is 2.29. The Balaban J connectivity index is 1.93. The van der Waals surface area contributed by atoms with Gasteiger partial charge in [-0.1, -0.05) is 6.07 Å². The van der Waals surface area contributed by atoms with E-state index >= 15 is 0 Å². The first kappa shape index (κ1) is 14.4. The second-order valence-electron chi connectivity index (χ2n) is 5.03. The van der Waals surface area contributed by atoms with Crippen LogP contribution < -0.4 is 15.4 Å². The molecule has 0 heterocycles. The lowest BCUT2D eigenvalue weighted by atomic mass is 10.1. The zero-order valence-electron chi connectivity index (χ0n) is 11.9. The molecule has 5 heteroatoms. The van der Waals surface area contributed by atoms with Crippen molar-refractivity contribution in [1.82, 2.24) is 5.32 Å². The Morgan fingerprint density at radius 3 is 2.70 bits per heavy atom. The molecule has 1 aliphatic rings. The van der Waals surface area contributed by atoms with Crippen molar-refractivity contribution in [2.45, 2.75) is 26.2 Å². The van der Waals surface area contributed by atoms with Crippen molar-refractivity contribution in [3.63, 3.8) is 0 Å². The monoisotopic (exact) mass is 276 g/mol. The van der Waals surface area contributed by atoms with Crippen LogP contribution in [0, 0.1) is 5.92 Å². The van der Waals surface area contributed by atoms with Crippen molar-refractivity contribution in [3.8, 4) is 5.75 Å². The van der Waals surface area contributed by atoms with E-state index in [1.165, 1.54) is 6.92 Å². The van der Waals surface area contributed by atoms with Gasteiger partial charge in [0.05, 0.1) is 12.8 Å². The number of amides is 2. The maximum Gasteiger partial charge on any atom is 0.223 e. The molecule has 5 nitrogen and oxygen atoms in total. The van der Waals surface area contributed by atoms with Gasteiger partial charge in [0.15, 0.2) is 0 Å². The lowest BCUT2D eigenvalue weighted by Gasteiger charge is -2.11. The van der Waals surface area contributed by atoms with E-state index in [4.69, 9.17) is 4.74 Å². The van der Waals surface area contributed by atoms with Gasteiger partial charge in [-0.25, -0.2) is 0 Å². The van der Waals surface area contributed by atoms with Crippen LogP contribution in [0.2, 0.25) is 0 Å². The number of nitrogens with one attached hydrogen (secondary N) is 2. The third-order valence-corrected chi connectivity index (χ3v) is 3.24. The normalized spacial score (nSPS) is 13.7. The van der Waals surface area contributed by atoms with E-state index in [0.29, 0.717) is 18.0 Å². The zero-order chi connectivity index (χ0) is 14.5. The van der Waals surface area contributed by atoms with E-state index in [1.807, 2.05) is 18.2 Å². The quantitative estimate of drug-likeness (QED) is 0.831. The van der Waals surface area contributed by atoms with Crippen molar-refractivity contribution in [2.24, 2.45) is 5.92 Å². The minimum Gasteiger partial charge on any atom is -0.495 e. The molecule has 1 aromatic rings. The van der Waals surface area contributed by atoms with Crippen LogP contribution in [0.3, 0.4) is 0 Å². The summed E-state index contributed by atoms with van der Waals surface area (Å²) in [6.45, 7) is 2.07. The summed E-state index contributed by atoms with van der Waals surface area (Å²) in [7, 11) is 1.57.